The minimum Gasteiger partial charge on any atom is -0.479 e. The first-order valence-corrected chi connectivity index (χ1v) is 4.68. The number of oxime groups is 1. The third kappa shape index (κ3) is 2.59. The van der Waals surface area contributed by atoms with Crippen LogP contribution in [0.25, 0.3) is 0 Å². The normalized spacial score (nSPS) is 13.6. The molecule has 1 rings (SSSR count). The molecular formula is C10H12F2N2O2. The molecule has 1 unspecified atom stereocenters. The maximum atomic E-state index is 13.2. The van der Waals surface area contributed by atoms with E-state index in [4.69, 9.17) is 15.7 Å². The van der Waals surface area contributed by atoms with Crippen molar-refractivity contribution in [3.63, 3.8) is 0 Å². The maximum absolute atomic E-state index is 13.2. The van der Waals surface area contributed by atoms with Gasteiger partial charge in [-0.3, -0.25) is 0 Å². The Morgan fingerprint density at radius 1 is 1.56 bits per heavy atom. The molecule has 0 aliphatic rings. The molecule has 0 saturated heterocycles. The van der Waals surface area contributed by atoms with Crippen LogP contribution in [0.5, 0.6) is 5.75 Å². The highest BCUT2D eigenvalue weighted by atomic mass is 19.2. The number of amidine groups is 1. The highest BCUT2D eigenvalue weighted by molar-refractivity contribution is 5.84. The van der Waals surface area contributed by atoms with Gasteiger partial charge in [-0.2, -0.15) is 4.39 Å². The highest BCUT2D eigenvalue weighted by Gasteiger charge is 2.17. The number of ether oxygens (including phenoxy) is 1. The van der Waals surface area contributed by atoms with Gasteiger partial charge in [0.15, 0.2) is 23.5 Å². The van der Waals surface area contributed by atoms with Crippen LogP contribution in [0.2, 0.25) is 0 Å². The molecule has 6 heteroatoms. The van der Waals surface area contributed by atoms with Crippen LogP contribution in [-0.2, 0) is 0 Å². The summed E-state index contributed by atoms with van der Waals surface area (Å²) < 4.78 is 31.2. The summed E-state index contributed by atoms with van der Waals surface area (Å²) in [5, 5.41) is 11.2. The Morgan fingerprint density at radius 3 is 2.81 bits per heavy atom. The minimum atomic E-state index is -1.09. The summed E-state index contributed by atoms with van der Waals surface area (Å²) in [5.41, 5.74) is 5.32. The fourth-order valence-electron chi connectivity index (χ4n) is 1.15. The molecule has 1 atom stereocenters. The van der Waals surface area contributed by atoms with Gasteiger partial charge in [0.25, 0.3) is 0 Å². The van der Waals surface area contributed by atoms with Gasteiger partial charge in [0.1, 0.15) is 0 Å². The Kier molecular flexibility index (Phi) is 4.04. The van der Waals surface area contributed by atoms with Crippen molar-refractivity contribution in [2.75, 3.05) is 0 Å². The van der Waals surface area contributed by atoms with Crippen molar-refractivity contribution in [3.05, 3.63) is 29.8 Å². The summed E-state index contributed by atoms with van der Waals surface area (Å²) >= 11 is 0. The summed E-state index contributed by atoms with van der Waals surface area (Å²) in [7, 11) is 0. The van der Waals surface area contributed by atoms with Gasteiger partial charge in [0.2, 0.25) is 5.82 Å². The molecule has 0 radical (unpaired) electrons. The van der Waals surface area contributed by atoms with Crippen LogP contribution in [0, 0.1) is 11.6 Å². The van der Waals surface area contributed by atoms with Gasteiger partial charge in [0.05, 0.1) is 0 Å². The van der Waals surface area contributed by atoms with Crippen molar-refractivity contribution in [1.82, 2.24) is 0 Å². The van der Waals surface area contributed by atoms with E-state index in [0.717, 1.165) is 6.07 Å². The molecule has 0 bridgehead atoms. The smallest absolute Gasteiger partial charge is 0.200 e. The number of rotatable bonds is 4. The number of hydrogen-bond acceptors (Lipinski definition) is 3. The second kappa shape index (κ2) is 5.29. The molecule has 0 aromatic heterocycles. The van der Waals surface area contributed by atoms with Crippen LogP contribution in [-0.4, -0.2) is 17.1 Å². The summed E-state index contributed by atoms with van der Waals surface area (Å²) in [6.07, 6.45) is -0.424. The average molecular weight is 230 g/mol. The van der Waals surface area contributed by atoms with Gasteiger partial charge in [-0.05, 0) is 18.6 Å². The second-order valence-corrected chi connectivity index (χ2v) is 3.09. The zero-order chi connectivity index (χ0) is 12.1. The lowest BCUT2D eigenvalue weighted by Crippen LogP contribution is -2.33. The molecule has 1 aromatic carbocycles. The van der Waals surface area contributed by atoms with E-state index in [0.29, 0.717) is 6.42 Å². The predicted octanol–water partition coefficient (Wildman–Crippen LogP) is 1.87. The molecule has 88 valence electrons. The number of nitrogens with zero attached hydrogens (tertiary/aromatic N) is 1. The van der Waals surface area contributed by atoms with Crippen molar-refractivity contribution >= 4 is 5.84 Å². The number of nitrogens with two attached hydrogens (primary N) is 1. The van der Waals surface area contributed by atoms with Crippen LogP contribution in [0.1, 0.15) is 13.3 Å². The molecule has 1 aromatic rings. The van der Waals surface area contributed by atoms with Gasteiger partial charge >= 0.3 is 0 Å². The highest BCUT2D eigenvalue weighted by Crippen LogP contribution is 2.21. The Balaban J connectivity index is 2.90. The van der Waals surface area contributed by atoms with Gasteiger partial charge in [-0.1, -0.05) is 18.1 Å². The van der Waals surface area contributed by atoms with E-state index in [1.165, 1.54) is 12.1 Å². The van der Waals surface area contributed by atoms with Gasteiger partial charge in [0, 0.05) is 0 Å². The third-order valence-corrected chi connectivity index (χ3v) is 2.00. The van der Waals surface area contributed by atoms with Crippen molar-refractivity contribution < 1.29 is 18.7 Å². The van der Waals surface area contributed by atoms with Crippen molar-refractivity contribution in [2.45, 2.75) is 19.4 Å². The maximum Gasteiger partial charge on any atom is 0.200 e. The summed E-state index contributed by atoms with van der Waals surface area (Å²) in [6.45, 7) is 1.71. The molecule has 3 N–H and O–H groups in total. The first-order chi connectivity index (χ1) is 7.60. The SMILES string of the molecule is CCC(Oc1cccc(F)c1F)C(N)=NO. The number of halogens is 2. The quantitative estimate of drug-likeness (QED) is 0.359. The zero-order valence-electron chi connectivity index (χ0n) is 8.65. The number of benzene rings is 1. The van der Waals surface area contributed by atoms with Crippen molar-refractivity contribution in [3.8, 4) is 5.75 Å². The fourth-order valence-corrected chi connectivity index (χ4v) is 1.15. The predicted molar refractivity (Wildman–Crippen MR) is 54.5 cm³/mol. The number of hydrogen-bond donors (Lipinski definition) is 2. The lowest BCUT2D eigenvalue weighted by molar-refractivity contribution is 0.234. The van der Waals surface area contributed by atoms with Gasteiger partial charge in [-0.25, -0.2) is 4.39 Å². The van der Waals surface area contributed by atoms with E-state index in [1.807, 2.05) is 0 Å². The van der Waals surface area contributed by atoms with Crippen LogP contribution in [0.3, 0.4) is 0 Å². The summed E-state index contributed by atoms with van der Waals surface area (Å²) in [6, 6.07) is 3.56. The fraction of sp³-hybridized carbons (Fsp3) is 0.300. The largest absolute Gasteiger partial charge is 0.479 e. The van der Waals surface area contributed by atoms with E-state index >= 15 is 0 Å². The molecule has 0 saturated carbocycles. The summed E-state index contributed by atoms with van der Waals surface area (Å²) in [5.74, 6) is -2.55. The molecule has 0 fully saturated rings. The van der Waals surface area contributed by atoms with E-state index in [-0.39, 0.29) is 11.6 Å². The first-order valence-electron chi connectivity index (χ1n) is 4.68. The van der Waals surface area contributed by atoms with Gasteiger partial charge in [-0.15, -0.1) is 0 Å². The Hall–Kier alpha value is -1.85. The van der Waals surface area contributed by atoms with Crippen LogP contribution < -0.4 is 10.5 Å². The minimum absolute atomic E-state index is 0.189. The van der Waals surface area contributed by atoms with Gasteiger partial charge < -0.3 is 15.7 Å². The Morgan fingerprint density at radius 2 is 2.25 bits per heavy atom. The van der Waals surface area contributed by atoms with Crippen molar-refractivity contribution in [1.29, 1.82) is 0 Å². The molecule has 0 amide bonds. The molecule has 4 nitrogen and oxygen atoms in total. The molecule has 0 spiro atoms. The van der Waals surface area contributed by atoms with E-state index < -0.39 is 17.7 Å². The summed E-state index contributed by atoms with van der Waals surface area (Å²) in [4.78, 5) is 0. The molecule has 0 aliphatic carbocycles. The molecule has 0 aliphatic heterocycles. The van der Waals surface area contributed by atoms with Crippen molar-refractivity contribution in [2.24, 2.45) is 10.9 Å². The topological polar surface area (TPSA) is 67.8 Å². The standard InChI is InChI=1S/C10H12F2N2O2/c1-2-7(10(13)14-15)16-8-5-3-4-6(11)9(8)12/h3-5,7,15H,2H2,1H3,(H2,13,14). The molecular weight excluding hydrogens is 218 g/mol. The average Bonchev–Trinajstić information content (AvgIpc) is 2.30. The van der Waals surface area contributed by atoms with Crippen LogP contribution in [0.4, 0.5) is 8.78 Å². The van der Waals surface area contributed by atoms with Crippen LogP contribution in [0.15, 0.2) is 23.4 Å². The van der Waals surface area contributed by atoms with E-state index in [9.17, 15) is 8.78 Å². The first kappa shape index (κ1) is 12.2. The monoisotopic (exact) mass is 230 g/mol. The lowest BCUT2D eigenvalue weighted by Gasteiger charge is -2.16. The lowest BCUT2D eigenvalue weighted by atomic mass is 10.2. The Labute approximate surface area is 91.3 Å². The molecule has 16 heavy (non-hydrogen) atoms. The second-order valence-electron chi connectivity index (χ2n) is 3.09. The van der Waals surface area contributed by atoms with Crippen LogP contribution >= 0.6 is 0 Å². The Bertz CT molecular complexity index is 396. The van der Waals surface area contributed by atoms with E-state index in [1.54, 1.807) is 6.92 Å². The molecule has 0 heterocycles. The zero-order valence-corrected chi connectivity index (χ0v) is 8.65. The third-order valence-electron chi connectivity index (χ3n) is 2.00. The van der Waals surface area contributed by atoms with E-state index in [2.05, 4.69) is 5.16 Å².